The van der Waals surface area contributed by atoms with Crippen LogP contribution in [0.1, 0.15) is 4.11 Å². The summed E-state index contributed by atoms with van der Waals surface area (Å²) in [6.45, 7) is 0. The lowest BCUT2D eigenvalue weighted by Crippen LogP contribution is -1.89. The van der Waals surface area contributed by atoms with Crippen molar-refractivity contribution in [2.45, 2.75) is 0 Å². The van der Waals surface area contributed by atoms with Crippen LogP contribution in [0.4, 0.5) is 0 Å². The minimum atomic E-state index is -2.77. The molecule has 0 bridgehead atoms. The Morgan fingerprint density at radius 1 is 0.917 bits per heavy atom. The maximum Gasteiger partial charge on any atom is 0.402 e. The third kappa shape index (κ3) is 2.45. The second-order valence-corrected chi connectivity index (χ2v) is 4.96. The van der Waals surface area contributed by atoms with E-state index < -0.39 is 24.3 Å². The monoisotopic (exact) mass is 334 g/mol. The van der Waals surface area contributed by atoms with Crippen LogP contribution in [0.15, 0.2) is 34.7 Å². The molecule has 1 aromatic heterocycles. The van der Waals surface area contributed by atoms with Gasteiger partial charge >= 0.3 is 11.3 Å². The summed E-state index contributed by atoms with van der Waals surface area (Å²) in [5.74, 6) is -2.05. The molecular weight excluding hydrogens is 316 g/mol. The maximum atomic E-state index is 10.3. The molecule has 124 valence electrons. The predicted octanol–water partition coefficient (Wildman–Crippen LogP) is 3.22. The van der Waals surface area contributed by atoms with Crippen LogP contribution in [0, 0.1) is 0 Å². The Kier molecular flexibility index (Phi) is 2.87. The molecule has 0 saturated heterocycles. The van der Waals surface area contributed by atoms with Gasteiger partial charge in [0.05, 0.1) is 29.9 Å². The lowest BCUT2D eigenvalue weighted by Gasteiger charge is -2.06. The van der Waals surface area contributed by atoms with Gasteiger partial charge in [-0.2, -0.15) is 0 Å². The summed E-state index contributed by atoms with van der Waals surface area (Å²) in [5, 5.41) is 39.8. The SMILES string of the molecule is [2H]C([2H])([2H])Oc1cc(O)cc2[o+]c(-c3cc(O)c(O)c(OC)c3)c(O)cc12. The number of aromatic hydroxyl groups is 4. The molecule has 0 aliphatic rings. The Bertz CT molecular complexity index is 1030. The second-order valence-electron chi connectivity index (χ2n) is 4.96. The lowest BCUT2D eigenvalue weighted by molar-refractivity contribution is 0.351. The van der Waals surface area contributed by atoms with Crippen LogP contribution >= 0.6 is 0 Å². The predicted molar refractivity (Wildman–Crippen MR) is 85.8 cm³/mol. The van der Waals surface area contributed by atoms with Crippen LogP contribution in [0.3, 0.4) is 0 Å². The van der Waals surface area contributed by atoms with Gasteiger partial charge in [-0.1, -0.05) is 0 Å². The molecule has 0 amide bonds. The molecule has 7 heteroatoms. The Balaban J connectivity index is 2.23. The fourth-order valence-corrected chi connectivity index (χ4v) is 2.35. The molecule has 0 spiro atoms. The van der Waals surface area contributed by atoms with Crippen LogP contribution < -0.4 is 9.47 Å². The fraction of sp³-hybridized carbons (Fsp3) is 0.118. The topological polar surface area (TPSA) is 111 Å². The van der Waals surface area contributed by atoms with E-state index in [1.165, 1.54) is 25.3 Å². The van der Waals surface area contributed by atoms with E-state index in [1.807, 2.05) is 0 Å². The zero-order chi connectivity index (χ0) is 19.9. The quantitative estimate of drug-likeness (QED) is 0.430. The number of phenols is 3. The van der Waals surface area contributed by atoms with Crippen molar-refractivity contribution >= 4 is 11.0 Å². The first kappa shape index (κ1) is 12.1. The maximum absolute atomic E-state index is 10.3. The van der Waals surface area contributed by atoms with E-state index in [9.17, 15) is 20.4 Å². The van der Waals surface area contributed by atoms with Crippen molar-refractivity contribution in [3.63, 3.8) is 0 Å². The van der Waals surface area contributed by atoms with Crippen LogP contribution in [0.25, 0.3) is 22.3 Å². The van der Waals surface area contributed by atoms with Crippen molar-refractivity contribution in [3.8, 4) is 45.8 Å². The molecular formula is C17H15O7+. The summed E-state index contributed by atoms with van der Waals surface area (Å²) in [6, 6.07) is 5.96. The van der Waals surface area contributed by atoms with Crippen LogP contribution in [-0.4, -0.2) is 34.6 Å². The van der Waals surface area contributed by atoms with Crippen molar-refractivity contribution in [1.82, 2.24) is 0 Å². The van der Waals surface area contributed by atoms with Gasteiger partial charge in [0.1, 0.15) is 16.9 Å². The minimum absolute atomic E-state index is 0.0218. The second kappa shape index (κ2) is 5.69. The Hall–Kier alpha value is -3.35. The zero-order valence-corrected chi connectivity index (χ0v) is 12.4. The Labute approximate surface area is 140 Å². The van der Waals surface area contributed by atoms with E-state index in [0.29, 0.717) is 0 Å². The van der Waals surface area contributed by atoms with E-state index >= 15 is 0 Å². The molecule has 0 atom stereocenters. The molecule has 7 nitrogen and oxygen atoms in total. The third-order valence-corrected chi connectivity index (χ3v) is 3.46. The highest BCUT2D eigenvalue weighted by Crippen LogP contribution is 2.44. The number of rotatable bonds is 3. The number of benzene rings is 2. The first-order valence-corrected chi connectivity index (χ1v) is 6.71. The molecule has 0 aliphatic carbocycles. The number of hydrogen-bond donors (Lipinski definition) is 4. The van der Waals surface area contributed by atoms with Crippen molar-refractivity contribution in [2.75, 3.05) is 14.1 Å². The van der Waals surface area contributed by atoms with E-state index in [1.54, 1.807) is 0 Å². The van der Waals surface area contributed by atoms with Crippen molar-refractivity contribution < 1.29 is 38.4 Å². The number of phenolic OH excluding ortho intramolecular Hbond substituents is 3. The summed E-state index contributed by atoms with van der Waals surface area (Å²) in [4.78, 5) is 0. The van der Waals surface area contributed by atoms with E-state index in [4.69, 9.17) is 18.0 Å². The number of ether oxygens (including phenoxy) is 2. The average Bonchev–Trinajstić information content (AvgIpc) is 2.56. The van der Waals surface area contributed by atoms with Crippen molar-refractivity contribution in [3.05, 3.63) is 30.3 Å². The molecule has 2 aromatic carbocycles. The standard InChI is InChI=1S/C17H14O7/c1-22-13-5-9(18)6-14-10(13)7-12(20)17(24-14)8-3-11(19)16(21)15(4-8)23-2/h3-7H,1-2H3,(H3-,18,19,20,21)/p+1/i1D3. The fourth-order valence-electron chi connectivity index (χ4n) is 2.35. The average molecular weight is 334 g/mol. The normalized spacial score (nSPS) is 13.1. The van der Waals surface area contributed by atoms with Gasteiger partial charge in [0.25, 0.3) is 0 Å². The molecule has 24 heavy (non-hydrogen) atoms. The van der Waals surface area contributed by atoms with Gasteiger partial charge in [-0.15, -0.1) is 0 Å². The molecule has 0 unspecified atom stereocenters. The lowest BCUT2D eigenvalue weighted by atomic mass is 10.1. The molecule has 3 rings (SSSR count). The molecule has 0 saturated carbocycles. The van der Waals surface area contributed by atoms with Gasteiger partial charge in [-0.3, -0.25) is 0 Å². The summed E-state index contributed by atoms with van der Waals surface area (Å²) in [6.07, 6.45) is 0. The first-order chi connectivity index (χ1) is 12.6. The highest BCUT2D eigenvalue weighted by Gasteiger charge is 2.26. The molecule has 0 fully saturated rings. The summed E-state index contributed by atoms with van der Waals surface area (Å²) in [5.41, 5.74) is 0.191. The molecule has 3 aromatic rings. The van der Waals surface area contributed by atoms with Crippen LogP contribution in [-0.2, 0) is 0 Å². The number of hydrogen-bond acceptors (Lipinski definition) is 6. The minimum Gasteiger partial charge on any atom is -0.507 e. The molecule has 0 radical (unpaired) electrons. The van der Waals surface area contributed by atoms with Crippen LogP contribution in [0.5, 0.6) is 34.5 Å². The van der Waals surface area contributed by atoms with Gasteiger partial charge in [0, 0.05) is 24.3 Å². The van der Waals surface area contributed by atoms with Crippen molar-refractivity contribution in [1.29, 1.82) is 0 Å². The van der Waals surface area contributed by atoms with E-state index in [0.717, 1.165) is 12.1 Å². The smallest absolute Gasteiger partial charge is 0.402 e. The Morgan fingerprint density at radius 2 is 1.71 bits per heavy atom. The van der Waals surface area contributed by atoms with E-state index in [-0.39, 0.29) is 39.5 Å². The highest BCUT2D eigenvalue weighted by atomic mass is 16.5. The van der Waals surface area contributed by atoms with Gasteiger partial charge in [0.15, 0.2) is 11.5 Å². The van der Waals surface area contributed by atoms with Crippen molar-refractivity contribution in [2.24, 2.45) is 0 Å². The number of fused-ring (bicyclic) bond motifs is 1. The highest BCUT2D eigenvalue weighted by molar-refractivity contribution is 5.88. The number of methoxy groups -OCH3 is 2. The van der Waals surface area contributed by atoms with Gasteiger partial charge in [-0.05, 0) is 0 Å². The largest absolute Gasteiger partial charge is 0.507 e. The summed E-state index contributed by atoms with van der Waals surface area (Å²) in [7, 11) is -1.49. The zero-order valence-electron chi connectivity index (χ0n) is 15.4. The molecule has 4 N–H and O–H groups in total. The summed E-state index contributed by atoms with van der Waals surface area (Å²) >= 11 is 0. The Morgan fingerprint density at radius 3 is 2.42 bits per heavy atom. The summed E-state index contributed by atoms with van der Waals surface area (Å²) < 4.78 is 37.0. The van der Waals surface area contributed by atoms with E-state index in [2.05, 4.69) is 0 Å². The van der Waals surface area contributed by atoms with Gasteiger partial charge in [-0.25, -0.2) is 4.42 Å². The van der Waals surface area contributed by atoms with Gasteiger partial charge in [0.2, 0.25) is 11.5 Å². The molecule has 0 aliphatic heterocycles. The third-order valence-electron chi connectivity index (χ3n) is 3.46. The van der Waals surface area contributed by atoms with Gasteiger partial charge < -0.3 is 29.9 Å². The van der Waals surface area contributed by atoms with Crippen LogP contribution in [0.2, 0.25) is 0 Å². The first-order valence-electron chi connectivity index (χ1n) is 8.21. The molecule has 1 heterocycles.